The standard InChI is InChI=1S/C13H29O2P/c1-3-5-6-7-8-9-10-11-13-16(14,15)12-4-2/h3-13H2,1-2H3,(H,14,15). The van der Waals surface area contributed by atoms with Crippen molar-refractivity contribution in [3.63, 3.8) is 0 Å². The average Bonchev–Trinajstić information content (AvgIpc) is 2.22. The van der Waals surface area contributed by atoms with Crippen molar-refractivity contribution in [3.05, 3.63) is 0 Å². The molecule has 98 valence electrons. The van der Waals surface area contributed by atoms with E-state index in [1.165, 1.54) is 38.5 Å². The van der Waals surface area contributed by atoms with E-state index in [0.717, 1.165) is 19.3 Å². The minimum Gasteiger partial charge on any atom is -0.344 e. The molecule has 0 spiro atoms. The van der Waals surface area contributed by atoms with E-state index >= 15 is 0 Å². The molecule has 1 unspecified atom stereocenters. The third kappa shape index (κ3) is 10.7. The average molecular weight is 248 g/mol. The Balaban J connectivity index is 3.23. The lowest BCUT2D eigenvalue weighted by Crippen LogP contribution is -1.94. The van der Waals surface area contributed by atoms with E-state index in [4.69, 9.17) is 0 Å². The monoisotopic (exact) mass is 248 g/mol. The fourth-order valence-electron chi connectivity index (χ4n) is 1.95. The minimum absolute atomic E-state index is 0.503. The summed E-state index contributed by atoms with van der Waals surface area (Å²) >= 11 is 0. The van der Waals surface area contributed by atoms with E-state index in [9.17, 15) is 9.46 Å². The lowest BCUT2D eigenvalue weighted by atomic mass is 10.1. The highest BCUT2D eigenvalue weighted by Gasteiger charge is 2.15. The van der Waals surface area contributed by atoms with Crippen LogP contribution in [0.3, 0.4) is 0 Å². The third-order valence-electron chi connectivity index (χ3n) is 2.93. The van der Waals surface area contributed by atoms with Crippen molar-refractivity contribution >= 4 is 7.37 Å². The molecule has 0 bridgehead atoms. The van der Waals surface area contributed by atoms with Gasteiger partial charge in [-0.05, 0) is 12.8 Å². The minimum atomic E-state index is -2.76. The number of unbranched alkanes of at least 4 members (excludes halogenated alkanes) is 7. The molecule has 1 atom stereocenters. The van der Waals surface area contributed by atoms with E-state index in [0.29, 0.717) is 12.3 Å². The van der Waals surface area contributed by atoms with Crippen LogP contribution in [0.1, 0.15) is 71.6 Å². The first kappa shape index (κ1) is 16.2. The van der Waals surface area contributed by atoms with Crippen molar-refractivity contribution in [2.75, 3.05) is 12.3 Å². The molecule has 0 aliphatic heterocycles. The highest BCUT2D eigenvalue weighted by atomic mass is 31.2. The lowest BCUT2D eigenvalue weighted by Gasteiger charge is -2.09. The van der Waals surface area contributed by atoms with Crippen molar-refractivity contribution in [1.82, 2.24) is 0 Å². The lowest BCUT2D eigenvalue weighted by molar-refractivity contribution is 0.472. The second kappa shape index (κ2) is 10.4. The molecule has 0 amide bonds. The zero-order valence-electron chi connectivity index (χ0n) is 11.1. The molecule has 0 aliphatic carbocycles. The van der Waals surface area contributed by atoms with Gasteiger partial charge in [0.25, 0.3) is 0 Å². The van der Waals surface area contributed by atoms with E-state index in [2.05, 4.69) is 6.92 Å². The molecule has 0 saturated carbocycles. The van der Waals surface area contributed by atoms with Crippen LogP contribution in [0.5, 0.6) is 0 Å². The molecule has 0 aromatic carbocycles. The van der Waals surface area contributed by atoms with Crippen LogP contribution in [-0.2, 0) is 4.57 Å². The Bertz CT molecular complexity index is 192. The Morgan fingerprint density at radius 3 is 1.75 bits per heavy atom. The summed E-state index contributed by atoms with van der Waals surface area (Å²) in [7, 11) is -2.76. The van der Waals surface area contributed by atoms with Gasteiger partial charge in [-0.15, -0.1) is 0 Å². The second-order valence-electron chi connectivity index (χ2n) is 4.77. The summed E-state index contributed by atoms with van der Waals surface area (Å²) in [4.78, 5) is 9.54. The molecular weight excluding hydrogens is 219 g/mol. The molecule has 0 fully saturated rings. The maximum atomic E-state index is 11.5. The number of rotatable bonds is 11. The fraction of sp³-hybridized carbons (Fsp3) is 1.00. The fourth-order valence-corrected chi connectivity index (χ4v) is 3.59. The quantitative estimate of drug-likeness (QED) is 0.421. The Kier molecular flexibility index (Phi) is 10.5. The van der Waals surface area contributed by atoms with Crippen molar-refractivity contribution in [2.24, 2.45) is 0 Å². The first-order valence-corrected chi connectivity index (χ1v) is 8.96. The Morgan fingerprint density at radius 1 is 0.750 bits per heavy atom. The molecule has 1 N–H and O–H groups in total. The highest BCUT2D eigenvalue weighted by molar-refractivity contribution is 7.57. The Labute approximate surface area is 101 Å². The number of hydrogen-bond donors (Lipinski definition) is 1. The second-order valence-corrected chi connectivity index (χ2v) is 7.36. The van der Waals surface area contributed by atoms with Crippen LogP contribution in [0.25, 0.3) is 0 Å². The summed E-state index contributed by atoms with van der Waals surface area (Å²) in [5, 5.41) is 0. The summed E-state index contributed by atoms with van der Waals surface area (Å²) in [5.41, 5.74) is 0. The van der Waals surface area contributed by atoms with Crippen molar-refractivity contribution < 1.29 is 9.46 Å². The Hall–Kier alpha value is 0.190. The summed E-state index contributed by atoms with van der Waals surface area (Å²) in [5.74, 6) is 0. The van der Waals surface area contributed by atoms with Gasteiger partial charge in [0.05, 0.1) is 0 Å². The van der Waals surface area contributed by atoms with Crippen LogP contribution < -0.4 is 0 Å². The number of hydrogen-bond acceptors (Lipinski definition) is 1. The molecule has 3 heteroatoms. The van der Waals surface area contributed by atoms with E-state index < -0.39 is 7.37 Å². The van der Waals surface area contributed by atoms with Crippen molar-refractivity contribution in [3.8, 4) is 0 Å². The SMILES string of the molecule is CCCCCCCCCCP(=O)(O)CCC. The predicted molar refractivity (Wildman–Crippen MR) is 72.5 cm³/mol. The molecule has 0 aromatic rings. The molecule has 0 saturated heterocycles. The van der Waals surface area contributed by atoms with Gasteiger partial charge in [0.15, 0.2) is 0 Å². The molecule has 0 radical (unpaired) electrons. The summed E-state index contributed by atoms with van der Waals surface area (Å²) in [6.45, 7) is 4.20. The van der Waals surface area contributed by atoms with Crippen LogP contribution in [0.4, 0.5) is 0 Å². The van der Waals surface area contributed by atoms with Gasteiger partial charge in [0, 0.05) is 12.3 Å². The molecule has 0 heterocycles. The largest absolute Gasteiger partial charge is 0.344 e. The first-order valence-electron chi connectivity index (χ1n) is 6.93. The first-order chi connectivity index (χ1) is 7.62. The van der Waals surface area contributed by atoms with Gasteiger partial charge in [0.2, 0.25) is 7.37 Å². The zero-order chi connectivity index (χ0) is 12.3. The normalized spacial score (nSPS) is 14.9. The Morgan fingerprint density at radius 2 is 1.25 bits per heavy atom. The maximum Gasteiger partial charge on any atom is 0.200 e. The maximum absolute atomic E-state index is 11.5. The van der Waals surface area contributed by atoms with Gasteiger partial charge in [0.1, 0.15) is 0 Å². The van der Waals surface area contributed by atoms with Crippen LogP contribution in [0.15, 0.2) is 0 Å². The smallest absolute Gasteiger partial charge is 0.200 e. The van der Waals surface area contributed by atoms with Crippen LogP contribution >= 0.6 is 7.37 Å². The molecule has 16 heavy (non-hydrogen) atoms. The van der Waals surface area contributed by atoms with E-state index in [-0.39, 0.29) is 0 Å². The summed E-state index contributed by atoms with van der Waals surface area (Å²) in [6.07, 6.45) is 11.8. The predicted octanol–water partition coefficient (Wildman–Crippen LogP) is 4.81. The van der Waals surface area contributed by atoms with Crippen LogP contribution in [0.2, 0.25) is 0 Å². The van der Waals surface area contributed by atoms with E-state index in [1.54, 1.807) is 0 Å². The summed E-state index contributed by atoms with van der Waals surface area (Å²) in [6, 6.07) is 0. The highest BCUT2D eigenvalue weighted by Crippen LogP contribution is 2.41. The van der Waals surface area contributed by atoms with E-state index in [1.807, 2.05) is 6.92 Å². The van der Waals surface area contributed by atoms with Gasteiger partial charge < -0.3 is 4.89 Å². The summed E-state index contributed by atoms with van der Waals surface area (Å²) < 4.78 is 11.5. The molecule has 2 nitrogen and oxygen atoms in total. The van der Waals surface area contributed by atoms with Gasteiger partial charge in [-0.25, -0.2) is 0 Å². The molecule has 0 rings (SSSR count). The van der Waals surface area contributed by atoms with Crippen LogP contribution in [0, 0.1) is 0 Å². The van der Waals surface area contributed by atoms with Crippen molar-refractivity contribution in [2.45, 2.75) is 71.6 Å². The van der Waals surface area contributed by atoms with Gasteiger partial charge in [-0.1, -0.05) is 58.8 Å². The zero-order valence-corrected chi connectivity index (χ0v) is 12.0. The van der Waals surface area contributed by atoms with Gasteiger partial charge >= 0.3 is 0 Å². The molecule has 0 aromatic heterocycles. The molecule has 0 aliphatic rings. The topological polar surface area (TPSA) is 37.3 Å². The van der Waals surface area contributed by atoms with Gasteiger partial charge in [-0.2, -0.15) is 0 Å². The third-order valence-corrected chi connectivity index (χ3v) is 5.10. The van der Waals surface area contributed by atoms with Crippen molar-refractivity contribution in [1.29, 1.82) is 0 Å². The molecular formula is C13H29O2P. The van der Waals surface area contributed by atoms with Gasteiger partial charge in [-0.3, -0.25) is 4.57 Å². The van der Waals surface area contributed by atoms with Crippen LogP contribution in [-0.4, -0.2) is 17.2 Å².